The van der Waals surface area contributed by atoms with Gasteiger partial charge in [-0.15, -0.1) is 0 Å². The van der Waals surface area contributed by atoms with Gasteiger partial charge in [0.1, 0.15) is 0 Å². The predicted octanol–water partition coefficient (Wildman–Crippen LogP) is 1.39. The third-order valence-electron chi connectivity index (χ3n) is 1.77. The van der Waals surface area contributed by atoms with Crippen molar-refractivity contribution < 1.29 is 0 Å². The SMILES string of the molecule is C=C(CNC)Cn1cc(Br)ccc1=O. The lowest BCUT2D eigenvalue weighted by Gasteiger charge is -2.08. The summed E-state index contributed by atoms with van der Waals surface area (Å²) in [5, 5.41) is 3.00. The maximum Gasteiger partial charge on any atom is 0.250 e. The number of nitrogens with zero attached hydrogens (tertiary/aromatic N) is 1. The third kappa shape index (κ3) is 3.12. The predicted molar refractivity (Wildman–Crippen MR) is 61.5 cm³/mol. The monoisotopic (exact) mass is 256 g/mol. The van der Waals surface area contributed by atoms with Crippen LogP contribution < -0.4 is 10.9 Å². The summed E-state index contributed by atoms with van der Waals surface area (Å²) in [4.78, 5) is 11.4. The van der Waals surface area contributed by atoms with Crippen molar-refractivity contribution in [3.63, 3.8) is 0 Å². The Hall–Kier alpha value is -0.870. The van der Waals surface area contributed by atoms with E-state index in [-0.39, 0.29) is 5.56 Å². The van der Waals surface area contributed by atoms with E-state index in [9.17, 15) is 4.79 Å². The molecule has 0 bridgehead atoms. The second kappa shape index (κ2) is 5.12. The van der Waals surface area contributed by atoms with Gasteiger partial charge >= 0.3 is 0 Å². The van der Waals surface area contributed by atoms with E-state index >= 15 is 0 Å². The van der Waals surface area contributed by atoms with Crippen LogP contribution in [0.25, 0.3) is 0 Å². The van der Waals surface area contributed by atoms with Crippen molar-refractivity contribution in [3.05, 3.63) is 45.3 Å². The average Bonchev–Trinajstić information content (AvgIpc) is 2.12. The Kier molecular flexibility index (Phi) is 4.10. The highest BCUT2D eigenvalue weighted by molar-refractivity contribution is 9.10. The van der Waals surface area contributed by atoms with Crippen LogP contribution in [0.4, 0.5) is 0 Å². The summed E-state index contributed by atoms with van der Waals surface area (Å²) in [5.41, 5.74) is 0.971. The van der Waals surface area contributed by atoms with E-state index in [4.69, 9.17) is 0 Å². The van der Waals surface area contributed by atoms with Gasteiger partial charge in [-0.3, -0.25) is 4.79 Å². The van der Waals surface area contributed by atoms with Gasteiger partial charge < -0.3 is 9.88 Å². The molecule has 0 fully saturated rings. The molecule has 4 heteroatoms. The highest BCUT2D eigenvalue weighted by Crippen LogP contribution is 2.05. The molecule has 1 rings (SSSR count). The summed E-state index contributed by atoms with van der Waals surface area (Å²) in [7, 11) is 1.86. The van der Waals surface area contributed by atoms with Crippen molar-refractivity contribution in [3.8, 4) is 0 Å². The van der Waals surface area contributed by atoms with Crippen LogP contribution in [0, 0.1) is 0 Å². The smallest absolute Gasteiger partial charge is 0.250 e. The number of hydrogen-bond donors (Lipinski definition) is 1. The molecule has 0 spiro atoms. The fourth-order valence-electron chi connectivity index (χ4n) is 1.17. The van der Waals surface area contributed by atoms with Crippen molar-refractivity contribution in [2.75, 3.05) is 13.6 Å². The minimum atomic E-state index is -0.00884. The molecule has 1 aromatic rings. The summed E-state index contributed by atoms with van der Waals surface area (Å²) in [5.74, 6) is 0. The molecule has 0 saturated heterocycles. The number of nitrogens with one attached hydrogen (secondary N) is 1. The second-order valence-electron chi connectivity index (χ2n) is 3.09. The van der Waals surface area contributed by atoms with E-state index in [0.717, 1.165) is 16.6 Å². The number of rotatable bonds is 4. The molecule has 0 aromatic carbocycles. The molecule has 0 amide bonds. The first-order chi connectivity index (χ1) is 6.63. The molecule has 0 atom stereocenters. The number of pyridine rings is 1. The zero-order valence-corrected chi connectivity index (χ0v) is 9.67. The highest BCUT2D eigenvalue weighted by atomic mass is 79.9. The van der Waals surface area contributed by atoms with Crippen LogP contribution >= 0.6 is 15.9 Å². The Bertz CT molecular complexity index is 384. The maximum atomic E-state index is 11.4. The van der Waals surface area contributed by atoms with Crippen LogP contribution in [0.15, 0.2) is 39.7 Å². The molecule has 0 radical (unpaired) electrons. The topological polar surface area (TPSA) is 34.0 Å². The number of halogens is 1. The molecular formula is C10H13BrN2O. The van der Waals surface area contributed by atoms with E-state index in [1.165, 1.54) is 6.07 Å². The summed E-state index contributed by atoms with van der Waals surface area (Å²) in [6, 6.07) is 3.27. The van der Waals surface area contributed by atoms with E-state index < -0.39 is 0 Å². The largest absolute Gasteiger partial charge is 0.316 e. The van der Waals surface area contributed by atoms with Gasteiger partial charge in [-0.2, -0.15) is 0 Å². The second-order valence-corrected chi connectivity index (χ2v) is 4.01. The van der Waals surface area contributed by atoms with Gasteiger partial charge in [0.05, 0.1) is 0 Å². The Morgan fingerprint density at radius 3 is 3.00 bits per heavy atom. The molecule has 1 aromatic heterocycles. The molecule has 1 heterocycles. The lowest BCUT2D eigenvalue weighted by molar-refractivity contribution is 0.709. The minimum Gasteiger partial charge on any atom is -0.316 e. The molecule has 14 heavy (non-hydrogen) atoms. The van der Waals surface area contributed by atoms with Crippen molar-refractivity contribution in [1.29, 1.82) is 0 Å². The van der Waals surface area contributed by atoms with Crippen LogP contribution in [-0.4, -0.2) is 18.2 Å². The van der Waals surface area contributed by atoms with Gasteiger partial charge in [-0.1, -0.05) is 6.58 Å². The molecule has 0 aliphatic carbocycles. The van der Waals surface area contributed by atoms with E-state index in [0.29, 0.717) is 6.54 Å². The fourth-order valence-corrected chi connectivity index (χ4v) is 1.55. The summed E-state index contributed by atoms with van der Waals surface area (Å²) < 4.78 is 2.53. The Morgan fingerprint density at radius 1 is 1.64 bits per heavy atom. The maximum absolute atomic E-state index is 11.4. The zero-order chi connectivity index (χ0) is 10.6. The van der Waals surface area contributed by atoms with Gasteiger partial charge in [0.25, 0.3) is 5.56 Å². The van der Waals surface area contributed by atoms with E-state index in [1.54, 1.807) is 16.8 Å². The first-order valence-corrected chi connectivity index (χ1v) is 5.10. The molecule has 1 N–H and O–H groups in total. The van der Waals surface area contributed by atoms with Crippen molar-refractivity contribution in [2.24, 2.45) is 0 Å². The standard InChI is InChI=1S/C10H13BrN2O/c1-8(5-12-2)6-13-7-9(11)3-4-10(13)14/h3-4,7,12H,1,5-6H2,2H3. The zero-order valence-electron chi connectivity index (χ0n) is 8.09. The normalized spacial score (nSPS) is 10.1. The van der Waals surface area contributed by atoms with Gasteiger partial charge in [0.2, 0.25) is 0 Å². The molecule has 0 unspecified atom stereocenters. The van der Waals surface area contributed by atoms with Crippen LogP contribution in [0.2, 0.25) is 0 Å². The molecule has 0 aliphatic heterocycles. The van der Waals surface area contributed by atoms with Gasteiger partial charge in [0, 0.05) is 29.8 Å². The molecule has 0 aliphatic rings. The van der Waals surface area contributed by atoms with Crippen LogP contribution in [0.1, 0.15) is 0 Å². The molecule has 76 valence electrons. The highest BCUT2D eigenvalue weighted by Gasteiger charge is 1.98. The number of likely N-dealkylation sites (N-methyl/N-ethyl adjacent to an activating group) is 1. The fraction of sp³-hybridized carbons (Fsp3) is 0.300. The van der Waals surface area contributed by atoms with Crippen molar-refractivity contribution in [1.82, 2.24) is 9.88 Å². The number of hydrogen-bond acceptors (Lipinski definition) is 2. The van der Waals surface area contributed by atoms with Crippen LogP contribution in [0.5, 0.6) is 0 Å². The molecule has 3 nitrogen and oxygen atoms in total. The van der Waals surface area contributed by atoms with Crippen molar-refractivity contribution in [2.45, 2.75) is 6.54 Å². The van der Waals surface area contributed by atoms with Crippen molar-refractivity contribution >= 4 is 15.9 Å². The summed E-state index contributed by atoms with van der Waals surface area (Å²) in [6.45, 7) is 5.15. The first kappa shape index (κ1) is 11.2. The lowest BCUT2D eigenvalue weighted by atomic mass is 10.3. The Balaban J connectivity index is 2.81. The first-order valence-electron chi connectivity index (χ1n) is 4.30. The van der Waals surface area contributed by atoms with Gasteiger partial charge in [0.15, 0.2) is 0 Å². The molecule has 0 saturated carbocycles. The van der Waals surface area contributed by atoms with Gasteiger partial charge in [-0.25, -0.2) is 0 Å². The number of aromatic nitrogens is 1. The molecular weight excluding hydrogens is 244 g/mol. The third-order valence-corrected chi connectivity index (χ3v) is 2.24. The summed E-state index contributed by atoms with van der Waals surface area (Å²) in [6.07, 6.45) is 1.77. The van der Waals surface area contributed by atoms with Crippen LogP contribution in [0.3, 0.4) is 0 Å². The Labute approximate surface area is 91.6 Å². The lowest BCUT2D eigenvalue weighted by Crippen LogP contribution is -2.22. The minimum absolute atomic E-state index is 0.00884. The average molecular weight is 257 g/mol. The summed E-state index contributed by atoms with van der Waals surface area (Å²) >= 11 is 3.32. The van der Waals surface area contributed by atoms with E-state index in [1.807, 2.05) is 7.05 Å². The van der Waals surface area contributed by atoms with E-state index in [2.05, 4.69) is 27.8 Å². The van der Waals surface area contributed by atoms with Gasteiger partial charge in [-0.05, 0) is 34.6 Å². The Morgan fingerprint density at radius 2 is 2.36 bits per heavy atom. The van der Waals surface area contributed by atoms with Crippen LogP contribution in [-0.2, 0) is 6.54 Å². The quantitative estimate of drug-likeness (QED) is 0.827.